The van der Waals surface area contributed by atoms with E-state index in [1.165, 1.54) is 13.0 Å². The standard InChI is InChI=1S/C20H20F3N3O5S/c1-4-32(29,30)25-13-8-18(2)14-15(19(13,3)31-18)17(28)26(16(14)27)11-6-5-10(9-24)12(7-11)20(21,22)23/h5-7,13-15,25H,4,8H2,1-3H3/t13-,14-,15+,18-,19+/m0/s1. The number of imide groups is 1. The molecule has 0 radical (unpaired) electrons. The molecule has 4 rings (SSSR count). The Labute approximate surface area is 182 Å². The largest absolute Gasteiger partial charge is 0.417 e. The number of benzene rings is 1. The average Bonchev–Trinajstić information content (AvgIpc) is 3.21. The molecule has 2 bridgehead atoms. The highest BCUT2D eigenvalue weighted by atomic mass is 32.2. The lowest BCUT2D eigenvalue weighted by Crippen LogP contribution is -2.56. The number of alkyl halides is 3. The number of amides is 2. The second-order valence-corrected chi connectivity index (χ2v) is 10.7. The van der Waals surface area contributed by atoms with Crippen molar-refractivity contribution in [3.63, 3.8) is 0 Å². The molecule has 3 aliphatic rings. The Balaban J connectivity index is 1.76. The van der Waals surface area contributed by atoms with Crippen LogP contribution >= 0.6 is 0 Å². The zero-order valence-electron chi connectivity index (χ0n) is 17.4. The topological polar surface area (TPSA) is 117 Å². The molecule has 1 aromatic rings. The van der Waals surface area contributed by atoms with Crippen molar-refractivity contribution in [2.24, 2.45) is 11.8 Å². The van der Waals surface area contributed by atoms with Crippen molar-refractivity contribution >= 4 is 27.5 Å². The van der Waals surface area contributed by atoms with Crippen LogP contribution in [0.1, 0.15) is 38.3 Å². The fourth-order valence-electron chi connectivity index (χ4n) is 5.27. The molecule has 5 atom stereocenters. The third-order valence-corrected chi connectivity index (χ3v) is 8.13. The molecule has 1 aromatic carbocycles. The highest BCUT2D eigenvalue weighted by molar-refractivity contribution is 7.89. The van der Waals surface area contributed by atoms with Gasteiger partial charge < -0.3 is 4.74 Å². The molecule has 3 fully saturated rings. The molecule has 1 N–H and O–H groups in total. The molecule has 0 unspecified atom stereocenters. The molecule has 2 amide bonds. The van der Waals surface area contributed by atoms with Gasteiger partial charge in [0, 0.05) is 0 Å². The van der Waals surface area contributed by atoms with Gasteiger partial charge in [0.15, 0.2) is 0 Å². The van der Waals surface area contributed by atoms with Crippen LogP contribution < -0.4 is 9.62 Å². The van der Waals surface area contributed by atoms with Crippen molar-refractivity contribution < 1.29 is 35.9 Å². The molecule has 32 heavy (non-hydrogen) atoms. The molecule has 3 heterocycles. The molecule has 12 heteroatoms. The molecule has 0 saturated carbocycles. The van der Waals surface area contributed by atoms with Gasteiger partial charge in [0.1, 0.15) is 0 Å². The van der Waals surface area contributed by atoms with Gasteiger partial charge >= 0.3 is 6.18 Å². The molecule has 8 nitrogen and oxygen atoms in total. The average molecular weight is 471 g/mol. The smallest absolute Gasteiger partial charge is 0.366 e. The van der Waals surface area contributed by atoms with E-state index in [0.29, 0.717) is 11.0 Å². The van der Waals surface area contributed by atoms with Crippen molar-refractivity contribution in [2.45, 2.75) is 50.6 Å². The first kappa shape index (κ1) is 22.7. The maximum absolute atomic E-state index is 13.4. The summed E-state index contributed by atoms with van der Waals surface area (Å²) in [6, 6.07) is 3.33. The zero-order valence-corrected chi connectivity index (χ0v) is 18.2. The van der Waals surface area contributed by atoms with E-state index in [0.717, 1.165) is 12.1 Å². The van der Waals surface area contributed by atoms with Crippen LogP contribution in [0, 0.1) is 23.2 Å². The van der Waals surface area contributed by atoms with Crippen LogP contribution in [0.4, 0.5) is 18.9 Å². The Hall–Kier alpha value is -2.49. The monoisotopic (exact) mass is 471 g/mol. The van der Waals surface area contributed by atoms with Gasteiger partial charge in [-0.15, -0.1) is 0 Å². The van der Waals surface area contributed by atoms with Gasteiger partial charge in [-0.2, -0.15) is 18.4 Å². The molecule has 3 aliphatic heterocycles. The molecular formula is C20H20F3N3O5S. The van der Waals surface area contributed by atoms with E-state index >= 15 is 0 Å². The van der Waals surface area contributed by atoms with Crippen LogP contribution in [-0.2, 0) is 30.5 Å². The molecule has 0 spiro atoms. The second kappa shape index (κ2) is 6.76. The van der Waals surface area contributed by atoms with Crippen molar-refractivity contribution in [3.05, 3.63) is 29.3 Å². The molecule has 0 aromatic heterocycles. The number of nitrogens with zero attached hydrogens (tertiary/aromatic N) is 2. The lowest BCUT2D eigenvalue weighted by molar-refractivity contribution is -0.138. The third-order valence-electron chi connectivity index (χ3n) is 6.73. The number of rotatable bonds is 4. The molecule has 3 saturated heterocycles. The van der Waals surface area contributed by atoms with Crippen molar-refractivity contribution in [1.29, 1.82) is 5.26 Å². The first-order chi connectivity index (χ1) is 14.7. The Morgan fingerprint density at radius 3 is 2.44 bits per heavy atom. The second-order valence-electron chi connectivity index (χ2n) is 8.68. The first-order valence-electron chi connectivity index (χ1n) is 9.88. The number of carbonyl (C=O) groups excluding carboxylic acids is 2. The summed E-state index contributed by atoms with van der Waals surface area (Å²) in [5.41, 5.74) is -4.68. The van der Waals surface area contributed by atoms with E-state index in [-0.39, 0.29) is 17.9 Å². The van der Waals surface area contributed by atoms with Crippen molar-refractivity contribution in [2.75, 3.05) is 10.7 Å². The molecule has 0 aliphatic carbocycles. The predicted octanol–water partition coefficient (Wildman–Crippen LogP) is 1.94. The van der Waals surface area contributed by atoms with Gasteiger partial charge in [0.05, 0.1) is 57.7 Å². The SMILES string of the molecule is CCS(=O)(=O)N[C@H]1C[C@]2(C)O[C@@]1(C)[C@H]1C(=O)N(c3ccc(C#N)c(C(F)(F)F)c3)C(=O)[C@H]12. The highest BCUT2D eigenvalue weighted by Crippen LogP contribution is 2.61. The number of halogens is 3. The summed E-state index contributed by atoms with van der Waals surface area (Å²) in [4.78, 5) is 27.3. The maximum atomic E-state index is 13.4. The minimum absolute atomic E-state index is 0.137. The molecule has 172 valence electrons. The fourth-order valence-corrected chi connectivity index (χ4v) is 6.19. The summed E-state index contributed by atoms with van der Waals surface area (Å²) >= 11 is 0. The Morgan fingerprint density at radius 2 is 1.88 bits per heavy atom. The third kappa shape index (κ3) is 3.06. The van der Waals surface area contributed by atoms with E-state index in [1.54, 1.807) is 13.8 Å². The van der Waals surface area contributed by atoms with Crippen LogP contribution in [0.2, 0.25) is 0 Å². The number of ether oxygens (including phenoxy) is 1. The number of fused-ring (bicyclic) bond motifs is 5. The summed E-state index contributed by atoms with van der Waals surface area (Å²) in [7, 11) is -3.64. The minimum Gasteiger partial charge on any atom is -0.366 e. The van der Waals surface area contributed by atoms with Gasteiger partial charge in [-0.1, -0.05) is 0 Å². The van der Waals surface area contributed by atoms with Crippen LogP contribution in [0.25, 0.3) is 0 Å². The van der Waals surface area contributed by atoms with Crippen molar-refractivity contribution in [1.82, 2.24) is 4.72 Å². The van der Waals surface area contributed by atoms with Gasteiger partial charge in [-0.3, -0.25) is 9.59 Å². The van der Waals surface area contributed by atoms with E-state index in [4.69, 9.17) is 10.00 Å². The minimum atomic E-state index is -4.85. The van der Waals surface area contributed by atoms with Crippen LogP contribution in [-0.4, -0.2) is 43.2 Å². The Morgan fingerprint density at radius 1 is 1.25 bits per heavy atom. The zero-order chi connectivity index (χ0) is 23.9. The summed E-state index contributed by atoms with van der Waals surface area (Å²) in [6.45, 7) is 4.60. The first-order valence-corrected chi connectivity index (χ1v) is 11.5. The van der Waals surface area contributed by atoms with Crippen LogP contribution in [0.3, 0.4) is 0 Å². The van der Waals surface area contributed by atoms with Gasteiger partial charge in [-0.25, -0.2) is 18.0 Å². The molecular weight excluding hydrogens is 451 g/mol. The number of carbonyl (C=O) groups is 2. The van der Waals surface area contributed by atoms with Crippen LogP contribution in [0.5, 0.6) is 0 Å². The fraction of sp³-hybridized carbons (Fsp3) is 0.550. The maximum Gasteiger partial charge on any atom is 0.417 e. The van der Waals surface area contributed by atoms with E-state index in [2.05, 4.69) is 4.72 Å². The highest BCUT2D eigenvalue weighted by Gasteiger charge is 2.76. The number of hydrogen-bond donors (Lipinski definition) is 1. The van der Waals surface area contributed by atoms with Gasteiger partial charge in [-0.05, 0) is 45.4 Å². The normalized spacial score (nSPS) is 34.2. The number of sulfonamides is 1. The van der Waals surface area contributed by atoms with E-state index < -0.39 is 68.2 Å². The lowest BCUT2D eigenvalue weighted by atomic mass is 9.67. The van der Waals surface area contributed by atoms with Crippen molar-refractivity contribution in [3.8, 4) is 6.07 Å². The summed E-state index contributed by atoms with van der Waals surface area (Å²) in [5.74, 6) is -3.68. The Kier molecular flexibility index (Phi) is 4.79. The number of nitriles is 1. The van der Waals surface area contributed by atoms with Crippen LogP contribution in [0.15, 0.2) is 18.2 Å². The van der Waals surface area contributed by atoms with E-state index in [9.17, 15) is 31.2 Å². The summed E-state index contributed by atoms with van der Waals surface area (Å²) in [6.07, 6.45) is -4.72. The number of anilines is 1. The quantitative estimate of drug-likeness (QED) is 0.671. The number of nitrogens with one attached hydrogen (secondary N) is 1. The summed E-state index contributed by atoms with van der Waals surface area (Å²) in [5, 5.41) is 8.99. The van der Waals surface area contributed by atoms with E-state index in [1.807, 2.05) is 0 Å². The predicted molar refractivity (Wildman–Crippen MR) is 105 cm³/mol. The Bertz CT molecular complexity index is 1180. The summed E-state index contributed by atoms with van der Waals surface area (Å²) < 4.78 is 73.0. The lowest BCUT2D eigenvalue weighted by Gasteiger charge is -2.35. The number of hydrogen-bond acceptors (Lipinski definition) is 6. The van der Waals surface area contributed by atoms with Gasteiger partial charge in [0.25, 0.3) is 0 Å². The van der Waals surface area contributed by atoms with Gasteiger partial charge in [0.2, 0.25) is 21.8 Å².